The van der Waals surface area contributed by atoms with E-state index in [1.54, 1.807) is 13.8 Å². The molecule has 0 saturated heterocycles. The van der Waals surface area contributed by atoms with Crippen LogP contribution in [0.1, 0.15) is 13.8 Å². The number of halogens is 1. The molecule has 9 heavy (non-hydrogen) atoms. The van der Waals surface area contributed by atoms with Gasteiger partial charge in [-0.2, -0.15) is 0 Å². The first-order chi connectivity index (χ1) is 3.92. The zero-order valence-corrected chi connectivity index (χ0v) is 6.23. The monoisotopic (exact) mass is 151 g/mol. The van der Waals surface area contributed by atoms with Gasteiger partial charge in [-0.25, -0.2) is 4.79 Å². The maximum Gasteiger partial charge on any atom is 0.404 e. The number of amides is 1. The zero-order chi connectivity index (χ0) is 7.49. The maximum atomic E-state index is 9.99. The molecule has 0 aromatic heterocycles. The number of hydrogen-bond acceptors (Lipinski definition) is 2. The molecule has 2 N–H and O–H groups in total. The maximum absolute atomic E-state index is 9.99. The van der Waals surface area contributed by atoms with Gasteiger partial charge < -0.3 is 10.5 Å². The van der Waals surface area contributed by atoms with Gasteiger partial charge in [0, 0.05) is 0 Å². The number of ether oxygens (including phenoxy) is 1. The molecular formula is C5H10ClNO2. The van der Waals surface area contributed by atoms with Gasteiger partial charge in [-0.15, -0.1) is 11.6 Å². The van der Waals surface area contributed by atoms with Crippen molar-refractivity contribution in [2.24, 2.45) is 5.73 Å². The summed E-state index contributed by atoms with van der Waals surface area (Å²) >= 11 is 5.64. The van der Waals surface area contributed by atoms with E-state index in [0.717, 1.165) is 0 Å². The summed E-state index contributed by atoms with van der Waals surface area (Å²) in [5.41, 5.74) is 4.68. The normalized spacial score (nSPS) is 11.0. The molecule has 0 rings (SSSR count). The predicted molar refractivity (Wildman–Crippen MR) is 35.5 cm³/mol. The molecule has 1 amide bonds. The molecule has 0 aromatic rings. The SMILES string of the molecule is CC(C)(Cl)COC(N)=O. The van der Waals surface area contributed by atoms with Gasteiger partial charge in [0.15, 0.2) is 0 Å². The van der Waals surface area contributed by atoms with Crippen LogP contribution < -0.4 is 5.73 Å². The molecule has 0 radical (unpaired) electrons. The molecular weight excluding hydrogens is 142 g/mol. The minimum absolute atomic E-state index is 0.143. The van der Waals surface area contributed by atoms with Gasteiger partial charge >= 0.3 is 6.09 Å². The molecule has 0 aromatic carbocycles. The number of alkyl halides is 1. The summed E-state index contributed by atoms with van der Waals surface area (Å²) in [4.78, 5) is 9.47. The second-order valence-corrected chi connectivity index (χ2v) is 3.35. The minimum atomic E-state index is -0.788. The third-order valence-electron chi connectivity index (χ3n) is 0.558. The average Bonchev–Trinajstić information content (AvgIpc) is 1.59. The van der Waals surface area contributed by atoms with Gasteiger partial charge in [0.25, 0.3) is 0 Å². The fraction of sp³-hybridized carbons (Fsp3) is 0.800. The second kappa shape index (κ2) is 2.92. The Morgan fingerprint density at radius 3 is 2.33 bits per heavy atom. The first-order valence-corrected chi connectivity index (χ1v) is 2.91. The first-order valence-electron chi connectivity index (χ1n) is 2.53. The van der Waals surface area contributed by atoms with Gasteiger partial charge in [-0.05, 0) is 13.8 Å². The molecule has 54 valence electrons. The summed E-state index contributed by atoms with van der Waals surface area (Å²) in [5.74, 6) is 0. The Kier molecular flexibility index (Phi) is 2.77. The van der Waals surface area contributed by atoms with Gasteiger partial charge in [0.2, 0.25) is 0 Å². The van der Waals surface area contributed by atoms with Crippen LogP contribution in [0.25, 0.3) is 0 Å². The van der Waals surface area contributed by atoms with Crippen molar-refractivity contribution in [1.29, 1.82) is 0 Å². The fourth-order valence-electron chi connectivity index (χ4n) is 0.243. The predicted octanol–water partition coefficient (Wildman–Crippen LogP) is 1.10. The second-order valence-electron chi connectivity index (χ2n) is 2.33. The lowest BCUT2D eigenvalue weighted by atomic mass is 10.2. The highest BCUT2D eigenvalue weighted by Gasteiger charge is 2.14. The lowest BCUT2D eigenvalue weighted by molar-refractivity contribution is 0.147. The molecule has 0 spiro atoms. The molecule has 0 saturated carbocycles. The van der Waals surface area contributed by atoms with E-state index in [-0.39, 0.29) is 6.61 Å². The van der Waals surface area contributed by atoms with Crippen molar-refractivity contribution in [3.8, 4) is 0 Å². The molecule has 0 unspecified atom stereocenters. The van der Waals surface area contributed by atoms with E-state index in [2.05, 4.69) is 10.5 Å². The van der Waals surface area contributed by atoms with E-state index in [1.807, 2.05) is 0 Å². The molecule has 0 bridgehead atoms. The van der Waals surface area contributed by atoms with Gasteiger partial charge in [-0.3, -0.25) is 0 Å². The topological polar surface area (TPSA) is 52.3 Å². The zero-order valence-electron chi connectivity index (χ0n) is 5.48. The van der Waals surface area contributed by atoms with E-state index in [9.17, 15) is 4.79 Å². The standard InChI is InChI=1S/C5H10ClNO2/c1-5(2,6)3-9-4(7)8/h3H2,1-2H3,(H2,7,8). The van der Waals surface area contributed by atoms with Crippen LogP contribution in [0.3, 0.4) is 0 Å². The van der Waals surface area contributed by atoms with Gasteiger partial charge in [0.05, 0.1) is 4.87 Å². The first kappa shape index (κ1) is 8.56. The van der Waals surface area contributed by atoms with Crippen molar-refractivity contribution < 1.29 is 9.53 Å². The minimum Gasteiger partial charge on any atom is -0.448 e. The summed E-state index contributed by atoms with van der Waals surface area (Å²) in [6.07, 6.45) is -0.788. The summed E-state index contributed by atoms with van der Waals surface area (Å²) in [7, 11) is 0. The van der Waals surface area contributed by atoms with Crippen molar-refractivity contribution in [1.82, 2.24) is 0 Å². The molecule has 0 heterocycles. The van der Waals surface area contributed by atoms with Crippen molar-refractivity contribution >= 4 is 17.7 Å². The van der Waals surface area contributed by atoms with Crippen LogP contribution in [0.15, 0.2) is 0 Å². The molecule has 0 aliphatic rings. The van der Waals surface area contributed by atoms with Crippen molar-refractivity contribution in [3.05, 3.63) is 0 Å². The molecule has 3 nitrogen and oxygen atoms in total. The van der Waals surface area contributed by atoms with Crippen molar-refractivity contribution in [2.75, 3.05) is 6.61 Å². The van der Waals surface area contributed by atoms with Crippen LogP contribution in [0.2, 0.25) is 0 Å². The summed E-state index contributed by atoms with van der Waals surface area (Å²) in [5, 5.41) is 0. The van der Waals surface area contributed by atoms with E-state index in [4.69, 9.17) is 11.6 Å². The Labute approximate surface area is 59.1 Å². The molecule has 0 atom stereocenters. The van der Waals surface area contributed by atoms with Crippen LogP contribution in [0.5, 0.6) is 0 Å². The largest absolute Gasteiger partial charge is 0.448 e. The number of carbonyl (C=O) groups is 1. The molecule has 0 aliphatic heterocycles. The van der Waals surface area contributed by atoms with Crippen LogP contribution in [0, 0.1) is 0 Å². The Morgan fingerprint density at radius 1 is 1.78 bits per heavy atom. The number of primary amides is 1. The van der Waals surface area contributed by atoms with Crippen LogP contribution in [0.4, 0.5) is 4.79 Å². The lowest BCUT2D eigenvalue weighted by Gasteiger charge is -2.13. The summed E-state index contributed by atoms with van der Waals surface area (Å²) < 4.78 is 4.41. The van der Waals surface area contributed by atoms with E-state index in [0.29, 0.717) is 0 Å². The highest BCUT2D eigenvalue weighted by Crippen LogP contribution is 2.11. The quantitative estimate of drug-likeness (QED) is 0.601. The lowest BCUT2D eigenvalue weighted by Crippen LogP contribution is -2.24. The highest BCUT2D eigenvalue weighted by molar-refractivity contribution is 6.23. The fourth-order valence-corrected chi connectivity index (χ4v) is 0.297. The molecule has 0 aliphatic carbocycles. The Balaban J connectivity index is 3.39. The van der Waals surface area contributed by atoms with Crippen LogP contribution in [-0.4, -0.2) is 17.6 Å². The van der Waals surface area contributed by atoms with Crippen molar-refractivity contribution in [3.63, 3.8) is 0 Å². The number of nitrogens with two attached hydrogens (primary N) is 1. The Morgan fingerprint density at radius 2 is 2.22 bits per heavy atom. The number of hydrogen-bond donors (Lipinski definition) is 1. The van der Waals surface area contributed by atoms with Crippen LogP contribution >= 0.6 is 11.6 Å². The molecule has 0 fully saturated rings. The Hall–Kier alpha value is -0.440. The van der Waals surface area contributed by atoms with E-state index >= 15 is 0 Å². The molecule has 4 heteroatoms. The van der Waals surface area contributed by atoms with E-state index < -0.39 is 11.0 Å². The van der Waals surface area contributed by atoms with Crippen LogP contribution in [-0.2, 0) is 4.74 Å². The smallest absolute Gasteiger partial charge is 0.404 e. The summed E-state index contributed by atoms with van der Waals surface area (Å²) in [6, 6.07) is 0. The highest BCUT2D eigenvalue weighted by atomic mass is 35.5. The Bertz CT molecular complexity index is 108. The van der Waals surface area contributed by atoms with Gasteiger partial charge in [-0.1, -0.05) is 0 Å². The number of carbonyl (C=O) groups excluding carboxylic acids is 1. The van der Waals surface area contributed by atoms with Crippen molar-refractivity contribution in [2.45, 2.75) is 18.7 Å². The van der Waals surface area contributed by atoms with E-state index in [1.165, 1.54) is 0 Å². The third kappa shape index (κ3) is 7.56. The third-order valence-corrected chi connectivity index (χ3v) is 0.667. The number of rotatable bonds is 2. The van der Waals surface area contributed by atoms with Gasteiger partial charge in [0.1, 0.15) is 6.61 Å². The average molecular weight is 152 g/mol. The summed E-state index contributed by atoms with van der Waals surface area (Å²) in [6.45, 7) is 3.61.